The normalized spacial score (nSPS) is 10.1. The highest BCUT2D eigenvalue weighted by molar-refractivity contribution is 6.31. The molecule has 0 aliphatic heterocycles. The summed E-state index contributed by atoms with van der Waals surface area (Å²) in [5, 5.41) is 0.729. The molecule has 0 aliphatic rings. The first-order valence-electron chi connectivity index (χ1n) is 5.04. The van der Waals surface area contributed by atoms with Gasteiger partial charge >= 0.3 is 0 Å². The molecule has 0 aliphatic carbocycles. The van der Waals surface area contributed by atoms with E-state index in [2.05, 4.69) is 0 Å². The third-order valence-corrected chi connectivity index (χ3v) is 2.60. The summed E-state index contributed by atoms with van der Waals surface area (Å²) in [6.45, 7) is 4.22. The summed E-state index contributed by atoms with van der Waals surface area (Å²) in [4.78, 5) is 11.0. The number of rotatable bonds is 5. The Morgan fingerprint density at radius 1 is 1.47 bits per heavy atom. The van der Waals surface area contributed by atoms with Crippen LogP contribution in [-0.4, -0.2) is 12.4 Å². The third kappa shape index (κ3) is 3.92. The van der Waals surface area contributed by atoms with Crippen molar-refractivity contribution in [2.75, 3.05) is 6.61 Å². The largest absolute Gasteiger partial charge is 0.493 e. The highest BCUT2D eigenvalue weighted by Gasteiger charge is 2.01. The number of ketones is 1. The van der Waals surface area contributed by atoms with E-state index in [1.165, 1.54) is 0 Å². The van der Waals surface area contributed by atoms with Crippen LogP contribution in [0.2, 0.25) is 5.02 Å². The summed E-state index contributed by atoms with van der Waals surface area (Å²) in [6, 6.07) is 5.48. The minimum absolute atomic E-state index is 0.223. The van der Waals surface area contributed by atoms with E-state index in [0.717, 1.165) is 16.3 Å². The van der Waals surface area contributed by atoms with E-state index >= 15 is 0 Å². The van der Waals surface area contributed by atoms with Gasteiger partial charge in [-0.15, -0.1) is 0 Å². The molecule has 0 spiro atoms. The van der Waals surface area contributed by atoms with Crippen LogP contribution in [0.5, 0.6) is 5.75 Å². The van der Waals surface area contributed by atoms with Gasteiger partial charge in [-0.3, -0.25) is 4.79 Å². The molecule has 1 rings (SSSR count). The van der Waals surface area contributed by atoms with Crippen molar-refractivity contribution < 1.29 is 9.53 Å². The maximum Gasteiger partial charge on any atom is 0.136 e. The van der Waals surface area contributed by atoms with Crippen molar-refractivity contribution in [3.05, 3.63) is 28.8 Å². The van der Waals surface area contributed by atoms with Gasteiger partial charge in [0.25, 0.3) is 0 Å². The molecule has 0 unspecified atom stereocenters. The summed E-state index contributed by atoms with van der Waals surface area (Å²) in [6.07, 6.45) is 1.04. The van der Waals surface area contributed by atoms with Gasteiger partial charge in [0, 0.05) is 17.9 Å². The number of benzene rings is 1. The SMILES string of the molecule is CCC(=O)CCOc1ccc(Cl)c(C)c1. The maximum absolute atomic E-state index is 11.0. The first-order chi connectivity index (χ1) is 7.13. The molecule has 1 aromatic carbocycles. The number of Topliss-reactive ketones (excluding diaryl/α,β-unsaturated/α-hetero) is 1. The molecule has 0 fully saturated rings. The average Bonchev–Trinajstić information content (AvgIpc) is 2.23. The van der Waals surface area contributed by atoms with Crippen molar-refractivity contribution in [3.8, 4) is 5.75 Å². The van der Waals surface area contributed by atoms with Gasteiger partial charge in [0.1, 0.15) is 11.5 Å². The van der Waals surface area contributed by atoms with Crippen LogP contribution in [0.25, 0.3) is 0 Å². The molecule has 1 aromatic rings. The van der Waals surface area contributed by atoms with Gasteiger partial charge in [-0.05, 0) is 30.7 Å². The minimum atomic E-state index is 0.223. The molecule has 0 bridgehead atoms. The molecule has 0 atom stereocenters. The van der Waals surface area contributed by atoms with Gasteiger partial charge in [-0.1, -0.05) is 18.5 Å². The Hall–Kier alpha value is -1.02. The predicted octanol–water partition coefficient (Wildman–Crippen LogP) is 3.40. The van der Waals surface area contributed by atoms with E-state index < -0.39 is 0 Å². The molecule has 82 valence electrons. The molecule has 0 aromatic heterocycles. The zero-order valence-electron chi connectivity index (χ0n) is 9.05. The van der Waals surface area contributed by atoms with Crippen LogP contribution in [0.3, 0.4) is 0 Å². The number of halogens is 1. The molecule has 3 heteroatoms. The Morgan fingerprint density at radius 2 is 2.20 bits per heavy atom. The average molecular weight is 227 g/mol. The number of hydrogen-bond acceptors (Lipinski definition) is 2. The molecule has 2 nitrogen and oxygen atoms in total. The molecular formula is C12H15ClO2. The molecule has 0 saturated heterocycles. The predicted molar refractivity (Wildman–Crippen MR) is 61.6 cm³/mol. The lowest BCUT2D eigenvalue weighted by atomic mass is 10.2. The summed E-state index contributed by atoms with van der Waals surface area (Å²) in [7, 11) is 0. The van der Waals surface area contributed by atoms with E-state index in [4.69, 9.17) is 16.3 Å². The Bertz CT molecular complexity index is 347. The molecule has 0 amide bonds. The van der Waals surface area contributed by atoms with Gasteiger partial charge in [0.2, 0.25) is 0 Å². The minimum Gasteiger partial charge on any atom is -0.493 e. The highest BCUT2D eigenvalue weighted by Crippen LogP contribution is 2.21. The van der Waals surface area contributed by atoms with Crippen LogP contribution in [0, 0.1) is 6.92 Å². The van der Waals surface area contributed by atoms with Crippen molar-refractivity contribution in [1.29, 1.82) is 0 Å². The Morgan fingerprint density at radius 3 is 2.80 bits per heavy atom. The smallest absolute Gasteiger partial charge is 0.136 e. The van der Waals surface area contributed by atoms with Crippen molar-refractivity contribution in [2.45, 2.75) is 26.7 Å². The zero-order valence-corrected chi connectivity index (χ0v) is 9.80. The number of hydrogen-bond donors (Lipinski definition) is 0. The van der Waals surface area contributed by atoms with Crippen LogP contribution in [-0.2, 0) is 4.79 Å². The Balaban J connectivity index is 2.44. The van der Waals surface area contributed by atoms with Gasteiger partial charge in [0.15, 0.2) is 0 Å². The van der Waals surface area contributed by atoms with E-state index in [-0.39, 0.29) is 5.78 Å². The summed E-state index contributed by atoms with van der Waals surface area (Å²) in [5.74, 6) is 0.987. The fraction of sp³-hybridized carbons (Fsp3) is 0.417. The monoisotopic (exact) mass is 226 g/mol. The topological polar surface area (TPSA) is 26.3 Å². The molecule has 0 saturated carbocycles. The lowest BCUT2D eigenvalue weighted by molar-refractivity contribution is -0.119. The zero-order chi connectivity index (χ0) is 11.3. The molecule has 0 radical (unpaired) electrons. The second-order valence-corrected chi connectivity index (χ2v) is 3.81. The van der Waals surface area contributed by atoms with E-state index in [0.29, 0.717) is 19.4 Å². The standard InChI is InChI=1S/C12H15ClO2/c1-3-10(14)6-7-15-11-4-5-12(13)9(2)8-11/h4-5,8H,3,6-7H2,1-2H3. The second kappa shape index (κ2) is 5.76. The number of carbonyl (C=O) groups is 1. The summed E-state index contributed by atoms with van der Waals surface area (Å²) >= 11 is 5.88. The van der Waals surface area contributed by atoms with Crippen molar-refractivity contribution >= 4 is 17.4 Å². The highest BCUT2D eigenvalue weighted by atomic mass is 35.5. The molecule has 15 heavy (non-hydrogen) atoms. The lowest BCUT2D eigenvalue weighted by Crippen LogP contribution is -2.04. The first-order valence-corrected chi connectivity index (χ1v) is 5.42. The summed E-state index contributed by atoms with van der Waals surface area (Å²) in [5.41, 5.74) is 0.982. The Labute approximate surface area is 95.2 Å². The van der Waals surface area contributed by atoms with Gasteiger partial charge < -0.3 is 4.74 Å². The Kier molecular flexibility index (Phi) is 4.63. The van der Waals surface area contributed by atoms with Crippen LogP contribution < -0.4 is 4.74 Å². The van der Waals surface area contributed by atoms with Crippen LogP contribution in [0.1, 0.15) is 25.3 Å². The van der Waals surface area contributed by atoms with Crippen molar-refractivity contribution in [2.24, 2.45) is 0 Å². The fourth-order valence-corrected chi connectivity index (χ4v) is 1.28. The van der Waals surface area contributed by atoms with Crippen molar-refractivity contribution in [1.82, 2.24) is 0 Å². The van der Waals surface area contributed by atoms with Crippen LogP contribution in [0.15, 0.2) is 18.2 Å². The van der Waals surface area contributed by atoms with E-state index in [9.17, 15) is 4.79 Å². The van der Waals surface area contributed by atoms with E-state index in [1.54, 1.807) is 6.07 Å². The lowest BCUT2D eigenvalue weighted by Gasteiger charge is -2.06. The third-order valence-electron chi connectivity index (χ3n) is 2.17. The van der Waals surface area contributed by atoms with Crippen molar-refractivity contribution in [3.63, 3.8) is 0 Å². The first kappa shape index (κ1) is 12.1. The molecule has 0 N–H and O–H groups in total. The van der Waals surface area contributed by atoms with Gasteiger partial charge in [0.05, 0.1) is 6.61 Å². The quantitative estimate of drug-likeness (QED) is 0.769. The number of ether oxygens (including phenoxy) is 1. The number of aryl methyl sites for hydroxylation is 1. The number of carbonyl (C=O) groups excluding carboxylic acids is 1. The second-order valence-electron chi connectivity index (χ2n) is 3.40. The van der Waals surface area contributed by atoms with Crippen LogP contribution >= 0.6 is 11.6 Å². The van der Waals surface area contributed by atoms with Crippen LogP contribution in [0.4, 0.5) is 0 Å². The fourth-order valence-electron chi connectivity index (χ4n) is 1.17. The van der Waals surface area contributed by atoms with E-state index in [1.807, 2.05) is 26.0 Å². The summed E-state index contributed by atoms with van der Waals surface area (Å²) < 4.78 is 5.43. The van der Waals surface area contributed by atoms with Gasteiger partial charge in [-0.25, -0.2) is 0 Å². The molecule has 0 heterocycles. The molecular weight excluding hydrogens is 212 g/mol. The van der Waals surface area contributed by atoms with Gasteiger partial charge in [-0.2, -0.15) is 0 Å². The maximum atomic E-state index is 11.0.